The highest BCUT2D eigenvalue weighted by Gasteiger charge is 2.37. The number of anilines is 1. The number of hydrogen-bond acceptors (Lipinski definition) is 3. The van der Waals surface area contributed by atoms with Gasteiger partial charge in [0.1, 0.15) is 23.9 Å². The lowest BCUT2D eigenvalue weighted by Gasteiger charge is -2.15. The van der Waals surface area contributed by atoms with E-state index in [1.807, 2.05) is 0 Å². The summed E-state index contributed by atoms with van der Waals surface area (Å²) in [4.78, 5) is 12.9. The van der Waals surface area contributed by atoms with Crippen LogP contribution in [-0.2, 0) is 11.4 Å². The van der Waals surface area contributed by atoms with Crippen LogP contribution in [0.2, 0.25) is 5.02 Å². The fourth-order valence-corrected chi connectivity index (χ4v) is 3.46. The molecule has 4 nitrogen and oxygen atoms in total. The smallest absolute Gasteiger partial charge is 0.280 e. The first-order valence-corrected chi connectivity index (χ1v) is 10.3. The Kier molecular flexibility index (Phi) is 6.58. The van der Waals surface area contributed by atoms with Gasteiger partial charge in [-0.25, -0.2) is 26.3 Å². The Morgan fingerprint density at radius 3 is 2.14 bits per heavy atom. The Morgan fingerprint density at radius 2 is 1.51 bits per heavy atom. The molecule has 1 amide bonds. The molecule has 0 saturated heterocycles. The average molecular weight is 511 g/mol. The lowest BCUT2D eigenvalue weighted by Crippen LogP contribution is -2.25. The van der Waals surface area contributed by atoms with E-state index >= 15 is 0 Å². The lowest BCUT2D eigenvalue weighted by atomic mass is 10.1. The van der Waals surface area contributed by atoms with E-state index in [0.29, 0.717) is 5.56 Å². The molecule has 1 heterocycles. The molecule has 0 fully saturated rings. The predicted molar refractivity (Wildman–Crippen MR) is 117 cm³/mol. The summed E-state index contributed by atoms with van der Waals surface area (Å²) in [5, 5.41) is 4.07. The molecule has 3 aromatic rings. The van der Waals surface area contributed by atoms with E-state index in [-0.39, 0.29) is 39.2 Å². The van der Waals surface area contributed by atoms with E-state index in [2.05, 4.69) is 5.10 Å². The highest BCUT2D eigenvalue weighted by molar-refractivity contribution is 6.33. The topological polar surface area (TPSA) is 41.9 Å². The zero-order chi connectivity index (χ0) is 25.4. The maximum atomic E-state index is 14.2. The van der Waals surface area contributed by atoms with Crippen LogP contribution in [-0.4, -0.2) is 11.6 Å². The number of carbonyl (C=O) groups excluding carboxylic acids is 1. The molecule has 3 aromatic carbocycles. The average Bonchev–Trinajstić information content (AvgIpc) is 3.10. The molecule has 0 radical (unpaired) electrons. The van der Waals surface area contributed by atoms with Crippen LogP contribution in [0.15, 0.2) is 53.1 Å². The molecule has 0 atom stereocenters. The van der Waals surface area contributed by atoms with Crippen molar-refractivity contribution in [2.45, 2.75) is 13.5 Å². The number of nitrogens with zero attached hydrogens (tertiary/aromatic N) is 2. The first-order valence-electron chi connectivity index (χ1n) is 9.88. The summed E-state index contributed by atoms with van der Waals surface area (Å²) in [5.74, 6) is -12.5. The molecule has 11 heteroatoms. The van der Waals surface area contributed by atoms with Crippen LogP contribution in [0.4, 0.5) is 32.0 Å². The number of amides is 1. The molecule has 0 aromatic heterocycles. The largest absolute Gasteiger partial charge is 0.488 e. The van der Waals surface area contributed by atoms with Crippen molar-refractivity contribution >= 4 is 35.0 Å². The van der Waals surface area contributed by atoms with Gasteiger partial charge in [-0.15, -0.1) is 0 Å². The monoisotopic (exact) mass is 510 g/mol. The van der Waals surface area contributed by atoms with Gasteiger partial charge in [0, 0.05) is 10.6 Å². The Hall–Kier alpha value is -3.79. The van der Waals surface area contributed by atoms with Crippen LogP contribution in [0.25, 0.3) is 6.08 Å². The predicted octanol–water partition coefficient (Wildman–Crippen LogP) is 6.56. The van der Waals surface area contributed by atoms with Gasteiger partial charge >= 0.3 is 0 Å². The molecular formula is C24H13ClF6N2O2. The van der Waals surface area contributed by atoms with E-state index in [1.54, 1.807) is 0 Å². The lowest BCUT2D eigenvalue weighted by molar-refractivity contribution is -0.114. The molecule has 0 unspecified atom stereocenters. The highest BCUT2D eigenvalue weighted by Crippen LogP contribution is 2.35. The number of benzene rings is 3. The second-order valence-electron chi connectivity index (χ2n) is 7.38. The molecule has 0 bridgehead atoms. The van der Waals surface area contributed by atoms with E-state index in [1.165, 1.54) is 55.5 Å². The Bertz CT molecular complexity index is 1380. The summed E-state index contributed by atoms with van der Waals surface area (Å²) >= 11 is 6.06. The molecule has 35 heavy (non-hydrogen) atoms. The molecule has 0 saturated carbocycles. The number of ether oxygens (including phenoxy) is 1. The van der Waals surface area contributed by atoms with Crippen LogP contribution >= 0.6 is 11.6 Å². The van der Waals surface area contributed by atoms with Gasteiger partial charge < -0.3 is 4.74 Å². The van der Waals surface area contributed by atoms with Gasteiger partial charge in [0.15, 0.2) is 23.3 Å². The van der Waals surface area contributed by atoms with Gasteiger partial charge in [-0.2, -0.15) is 10.1 Å². The van der Waals surface area contributed by atoms with E-state index in [9.17, 15) is 31.1 Å². The van der Waals surface area contributed by atoms with Crippen LogP contribution in [0.1, 0.15) is 18.1 Å². The summed E-state index contributed by atoms with van der Waals surface area (Å²) in [6.07, 6.45) is 1.26. The maximum Gasteiger partial charge on any atom is 0.280 e. The summed E-state index contributed by atoms with van der Waals surface area (Å²) in [7, 11) is 0. The van der Waals surface area contributed by atoms with Gasteiger partial charge in [0.05, 0.1) is 11.3 Å². The Labute approximate surface area is 199 Å². The molecular weight excluding hydrogens is 498 g/mol. The number of carbonyl (C=O) groups is 1. The van der Waals surface area contributed by atoms with E-state index < -0.39 is 46.5 Å². The van der Waals surface area contributed by atoms with Gasteiger partial charge in [-0.05, 0) is 48.9 Å². The number of halogens is 7. The zero-order valence-corrected chi connectivity index (χ0v) is 18.4. The Morgan fingerprint density at radius 1 is 0.914 bits per heavy atom. The zero-order valence-electron chi connectivity index (χ0n) is 17.7. The number of rotatable bonds is 5. The van der Waals surface area contributed by atoms with Gasteiger partial charge in [0.2, 0.25) is 5.82 Å². The van der Waals surface area contributed by atoms with Gasteiger partial charge in [-0.1, -0.05) is 23.7 Å². The molecule has 1 aliphatic heterocycles. The minimum Gasteiger partial charge on any atom is -0.488 e. The van der Waals surface area contributed by atoms with Crippen molar-refractivity contribution in [2.75, 3.05) is 5.01 Å². The summed E-state index contributed by atoms with van der Waals surface area (Å²) in [6, 6.07) is 10.0. The minimum absolute atomic E-state index is 0.0375. The van der Waals surface area contributed by atoms with Crippen LogP contribution < -0.4 is 9.75 Å². The highest BCUT2D eigenvalue weighted by atomic mass is 35.5. The van der Waals surface area contributed by atoms with Crippen molar-refractivity contribution in [3.63, 3.8) is 0 Å². The third-order valence-electron chi connectivity index (χ3n) is 5.04. The number of hydrogen-bond donors (Lipinski definition) is 0. The fourth-order valence-electron chi connectivity index (χ4n) is 3.28. The standard InChI is InChI=1S/C24H13ClF6N2O2/c1-11-16(24(34)33(32-11)23-21(30)19(28)18(27)20(29)22(23)31)9-13-8-14(25)4-7-17(13)35-10-12-2-5-15(26)6-3-12/h2-9H,10H2,1H3/b16-9-. The molecule has 180 valence electrons. The quantitative estimate of drug-likeness (QED) is 0.169. The molecule has 0 spiro atoms. The first-order chi connectivity index (χ1) is 16.6. The third kappa shape index (κ3) is 4.61. The molecule has 0 N–H and O–H groups in total. The first kappa shape index (κ1) is 24.3. The Balaban J connectivity index is 1.69. The second kappa shape index (κ2) is 9.46. The van der Waals surface area contributed by atoms with Gasteiger partial charge in [-0.3, -0.25) is 4.79 Å². The van der Waals surface area contributed by atoms with E-state index in [4.69, 9.17) is 16.3 Å². The van der Waals surface area contributed by atoms with E-state index in [0.717, 1.165) is 0 Å². The van der Waals surface area contributed by atoms with Crippen molar-refractivity contribution in [2.24, 2.45) is 5.10 Å². The maximum absolute atomic E-state index is 14.2. The molecule has 4 rings (SSSR count). The van der Waals surface area contributed by atoms with Crippen LogP contribution in [0.3, 0.4) is 0 Å². The fraction of sp³-hybridized carbons (Fsp3) is 0.0833. The van der Waals surface area contributed by atoms with Crippen molar-refractivity contribution < 1.29 is 35.9 Å². The van der Waals surface area contributed by atoms with Crippen molar-refractivity contribution in [1.82, 2.24) is 0 Å². The molecule has 1 aliphatic rings. The van der Waals surface area contributed by atoms with Crippen molar-refractivity contribution in [1.29, 1.82) is 0 Å². The van der Waals surface area contributed by atoms with Crippen LogP contribution in [0.5, 0.6) is 5.75 Å². The summed E-state index contributed by atoms with van der Waals surface area (Å²) < 4.78 is 88.1. The minimum atomic E-state index is -2.35. The van der Waals surface area contributed by atoms with Crippen molar-refractivity contribution in [3.05, 3.63) is 99.1 Å². The van der Waals surface area contributed by atoms with Gasteiger partial charge in [0.25, 0.3) is 5.91 Å². The van der Waals surface area contributed by atoms with Crippen molar-refractivity contribution in [3.8, 4) is 5.75 Å². The third-order valence-corrected chi connectivity index (χ3v) is 5.28. The summed E-state index contributed by atoms with van der Waals surface area (Å²) in [6.45, 7) is 1.36. The summed E-state index contributed by atoms with van der Waals surface area (Å²) in [5.41, 5.74) is -0.817. The molecule has 0 aliphatic carbocycles. The second-order valence-corrected chi connectivity index (χ2v) is 7.81. The van der Waals surface area contributed by atoms with Crippen LogP contribution in [0, 0.1) is 34.9 Å². The number of hydrazone groups is 1. The SMILES string of the molecule is CC1=NN(c2c(F)c(F)c(F)c(F)c2F)C(=O)/C1=C\c1cc(Cl)ccc1OCc1ccc(F)cc1. The normalized spacial score (nSPS) is 14.6.